The number of halogens is 1. The van der Waals surface area contributed by atoms with Crippen molar-refractivity contribution >= 4 is 11.6 Å². The van der Waals surface area contributed by atoms with E-state index in [4.69, 9.17) is 11.6 Å². The first-order valence-electron chi connectivity index (χ1n) is 6.09. The van der Waals surface area contributed by atoms with Gasteiger partial charge in [0.1, 0.15) is 0 Å². The van der Waals surface area contributed by atoms with Crippen molar-refractivity contribution in [1.29, 1.82) is 0 Å². The highest BCUT2D eigenvalue weighted by Crippen LogP contribution is 2.13. The van der Waals surface area contributed by atoms with Crippen LogP contribution in [0.4, 0.5) is 0 Å². The third kappa shape index (κ3) is 3.96. The Morgan fingerprint density at radius 3 is 3.12 bits per heavy atom. The zero-order valence-corrected chi connectivity index (χ0v) is 10.7. The molecule has 0 radical (unpaired) electrons. The van der Waals surface area contributed by atoms with E-state index < -0.39 is 0 Å². The first-order valence-corrected chi connectivity index (χ1v) is 6.47. The maximum absolute atomic E-state index is 9.23. The number of nitrogens with one attached hydrogen (secondary N) is 1. The molecule has 1 aliphatic heterocycles. The van der Waals surface area contributed by atoms with Gasteiger partial charge >= 0.3 is 0 Å². The van der Waals surface area contributed by atoms with E-state index >= 15 is 0 Å². The number of nitrogens with zero attached hydrogens (tertiary/aromatic N) is 1. The topological polar surface area (TPSA) is 35.5 Å². The molecular formula is C13H19ClN2O. The maximum Gasteiger partial charge on any atom is 0.0597 e. The largest absolute Gasteiger partial charge is 0.395 e. The van der Waals surface area contributed by atoms with Crippen LogP contribution in [0.3, 0.4) is 0 Å². The van der Waals surface area contributed by atoms with E-state index in [1.165, 1.54) is 5.56 Å². The molecular weight excluding hydrogens is 236 g/mol. The van der Waals surface area contributed by atoms with Gasteiger partial charge in [0.05, 0.1) is 6.61 Å². The van der Waals surface area contributed by atoms with Crippen molar-refractivity contribution in [2.24, 2.45) is 0 Å². The molecule has 0 aromatic heterocycles. The lowest BCUT2D eigenvalue weighted by Crippen LogP contribution is -2.39. The van der Waals surface area contributed by atoms with Crippen LogP contribution in [0.25, 0.3) is 0 Å². The van der Waals surface area contributed by atoms with E-state index in [1.54, 1.807) is 0 Å². The highest BCUT2D eigenvalue weighted by molar-refractivity contribution is 6.30. The number of hydrogen-bond acceptors (Lipinski definition) is 3. The zero-order chi connectivity index (χ0) is 12.1. The van der Waals surface area contributed by atoms with Gasteiger partial charge in [0.15, 0.2) is 0 Å². The van der Waals surface area contributed by atoms with Gasteiger partial charge in [0.25, 0.3) is 0 Å². The first-order chi connectivity index (χ1) is 8.28. The molecule has 0 amide bonds. The molecule has 0 bridgehead atoms. The van der Waals surface area contributed by atoms with E-state index in [-0.39, 0.29) is 12.6 Å². The quantitative estimate of drug-likeness (QED) is 0.858. The fourth-order valence-electron chi connectivity index (χ4n) is 2.24. The predicted octanol–water partition coefficient (Wildman–Crippen LogP) is 1.50. The fourth-order valence-corrected chi connectivity index (χ4v) is 2.45. The molecule has 4 heteroatoms. The monoisotopic (exact) mass is 254 g/mol. The zero-order valence-electron chi connectivity index (χ0n) is 9.90. The van der Waals surface area contributed by atoms with Crippen molar-refractivity contribution < 1.29 is 5.11 Å². The summed E-state index contributed by atoms with van der Waals surface area (Å²) in [7, 11) is 0. The Balaban J connectivity index is 1.97. The lowest BCUT2D eigenvalue weighted by Gasteiger charge is -2.23. The smallest absolute Gasteiger partial charge is 0.0597 e. The molecule has 17 heavy (non-hydrogen) atoms. The van der Waals surface area contributed by atoms with Crippen molar-refractivity contribution in [3.8, 4) is 0 Å². The standard InChI is InChI=1S/C13H19ClN2O/c14-12-4-1-3-11(7-12)8-16-6-2-5-15-13(9-16)10-17/h1,3-4,7,13,15,17H,2,5-6,8-10H2. The average molecular weight is 255 g/mol. The molecule has 2 rings (SSSR count). The minimum Gasteiger partial charge on any atom is -0.395 e. The van der Waals surface area contributed by atoms with Gasteiger partial charge in [0, 0.05) is 24.2 Å². The van der Waals surface area contributed by atoms with Crippen molar-refractivity contribution in [3.63, 3.8) is 0 Å². The molecule has 1 heterocycles. The Kier molecular flexibility index (Phi) is 4.80. The lowest BCUT2D eigenvalue weighted by molar-refractivity contribution is 0.196. The fraction of sp³-hybridized carbons (Fsp3) is 0.538. The molecule has 1 aromatic carbocycles. The van der Waals surface area contributed by atoms with Crippen LogP contribution in [-0.2, 0) is 6.54 Å². The summed E-state index contributed by atoms with van der Waals surface area (Å²) in [5.74, 6) is 0. The van der Waals surface area contributed by atoms with Crippen LogP contribution in [0.1, 0.15) is 12.0 Å². The summed E-state index contributed by atoms with van der Waals surface area (Å²) < 4.78 is 0. The summed E-state index contributed by atoms with van der Waals surface area (Å²) >= 11 is 5.98. The van der Waals surface area contributed by atoms with E-state index in [0.29, 0.717) is 0 Å². The molecule has 1 aromatic rings. The van der Waals surface area contributed by atoms with Gasteiger partial charge in [-0.2, -0.15) is 0 Å². The van der Waals surface area contributed by atoms with E-state index in [0.717, 1.165) is 37.6 Å². The Morgan fingerprint density at radius 2 is 2.35 bits per heavy atom. The van der Waals surface area contributed by atoms with Crippen molar-refractivity contribution in [2.75, 3.05) is 26.2 Å². The molecule has 3 nitrogen and oxygen atoms in total. The second kappa shape index (κ2) is 6.36. The number of benzene rings is 1. The van der Waals surface area contributed by atoms with E-state index in [1.807, 2.05) is 18.2 Å². The van der Waals surface area contributed by atoms with E-state index in [2.05, 4.69) is 16.3 Å². The normalized spacial score (nSPS) is 22.4. The molecule has 0 saturated carbocycles. The molecule has 1 aliphatic rings. The molecule has 94 valence electrons. The van der Waals surface area contributed by atoms with Gasteiger partial charge in [-0.25, -0.2) is 0 Å². The third-order valence-corrected chi connectivity index (χ3v) is 3.31. The van der Waals surface area contributed by atoms with E-state index in [9.17, 15) is 5.11 Å². The minimum absolute atomic E-state index is 0.191. The van der Waals surface area contributed by atoms with Crippen LogP contribution in [0, 0.1) is 0 Å². The summed E-state index contributed by atoms with van der Waals surface area (Å²) in [5, 5.41) is 13.4. The summed E-state index contributed by atoms with van der Waals surface area (Å²) in [6.45, 7) is 4.04. The van der Waals surface area contributed by atoms with Gasteiger partial charge in [-0.15, -0.1) is 0 Å². The second-order valence-corrected chi connectivity index (χ2v) is 4.99. The molecule has 1 atom stereocenters. The number of hydrogen-bond donors (Lipinski definition) is 2. The lowest BCUT2D eigenvalue weighted by atomic mass is 10.2. The summed E-state index contributed by atoms with van der Waals surface area (Å²) in [6, 6.07) is 8.17. The molecule has 1 fully saturated rings. The van der Waals surface area contributed by atoms with Gasteiger partial charge in [0.2, 0.25) is 0 Å². The SMILES string of the molecule is OCC1CN(Cc2cccc(Cl)c2)CCCN1. The number of rotatable bonds is 3. The summed E-state index contributed by atoms with van der Waals surface area (Å²) in [4.78, 5) is 2.37. The van der Waals surface area contributed by atoms with Gasteiger partial charge < -0.3 is 10.4 Å². The maximum atomic E-state index is 9.23. The number of aliphatic hydroxyl groups is 1. The highest BCUT2D eigenvalue weighted by Gasteiger charge is 2.16. The predicted molar refractivity (Wildman–Crippen MR) is 70.2 cm³/mol. The second-order valence-electron chi connectivity index (χ2n) is 4.55. The van der Waals surface area contributed by atoms with Gasteiger partial charge in [-0.3, -0.25) is 4.90 Å². The number of aliphatic hydroxyl groups excluding tert-OH is 1. The van der Waals surface area contributed by atoms with Crippen LogP contribution in [0.15, 0.2) is 24.3 Å². The Morgan fingerprint density at radius 1 is 1.47 bits per heavy atom. The van der Waals surface area contributed by atoms with Crippen LogP contribution in [0.5, 0.6) is 0 Å². The van der Waals surface area contributed by atoms with Crippen molar-refractivity contribution in [2.45, 2.75) is 19.0 Å². The molecule has 1 unspecified atom stereocenters. The highest BCUT2D eigenvalue weighted by atomic mass is 35.5. The Bertz CT molecular complexity index is 359. The molecule has 2 N–H and O–H groups in total. The minimum atomic E-state index is 0.191. The summed E-state index contributed by atoms with van der Waals surface area (Å²) in [6.07, 6.45) is 1.12. The van der Waals surface area contributed by atoms with Crippen LogP contribution in [-0.4, -0.2) is 42.3 Å². The van der Waals surface area contributed by atoms with Crippen molar-refractivity contribution in [1.82, 2.24) is 10.2 Å². The van der Waals surface area contributed by atoms with Gasteiger partial charge in [-0.1, -0.05) is 23.7 Å². The molecule has 0 spiro atoms. The van der Waals surface area contributed by atoms with Crippen molar-refractivity contribution in [3.05, 3.63) is 34.9 Å². The summed E-state index contributed by atoms with van der Waals surface area (Å²) in [5.41, 5.74) is 1.23. The Hall–Kier alpha value is -0.610. The first kappa shape index (κ1) is 12.8. The van der Waals surface area contributed by atoms with Crippen LogP contribution in [0.2, 0.25) is 5.02 Å². The third-order valence-electron chi connectivity index (χ3n) is 3.08. The molecule has 0 aliphatic carbocycles. The average Bonchev–Trinajstić information content (AvgIpc) is 2.54. The van der Waals surface area contributed by atoms with Crippen LogP contribution >= 0.6 is 11.6 Å². The molecule has 1 saturated heterocycles. The van der Waals surface area contributed by atoms with Crippen LogP contribution < -0.4 is 5.32 Å². The Labute approximate surface area is 107 Å². The van der Waals surface area contributed by atoms with Gasteiger partial charge in [-0.05, 0) is 37.2 Å².